The highest BCUT2D eigenvalue weighted by Gasteiger charge is 2.41. The third kappa shape index (κ3) is 3.15. The Bertz CT molecular complexity index is 662. The number of rotatable bonds is 2. The van der Waals surface area contributed by atoms with Crippen molar-refractivity contribution in [1.29, 1.82) is 0 Å². The zero-order valence-corrected chi connectivity index (χ0v) is 14.7. The van der Waals surface area contributed by atoms with Crippen LogP contribution in [0.15, 0.2) is 21.6 Å². The Labute approximate surface area is 143 Å². The molecule has 0 bridgehead atoms. The van der Waals surface area contributed by atoms with Gasteiger partial charge in [0.1, 0.15) is 17.9 Å². The first-order chi connectivity index (χ1) is 11.1. The molecule has 2 aliphatic rings. The first kappa shape index (κ1) is 16.1. The summed E-state index contributed by atoms with van der Waals surface area (Å²) in [6.07, 6.45) is 1.92. The van der Waals surface area contributed by atoms with E-state index in [4.69, 9.17) is 14.2 Å². The molecule has 0 saturated carbocycles. The maximum atomic E-state index is 11.5. The van der Waals surface area contributed by atoms with Crippen LogP contribution in [0.3, 0.4) is 0 Å². The van der Waals surface area contributed by atoms with E-state index in [1.54, 1.807) is 14.0 Å². The molecule has 1 N–H and O–H groups in total. The lowest BCUT2D eigenvalue weighted by Gasteiger charge is -2.31. The summed E-state index contributed by atoms with van der Waals surface area (Å²) < 4.78 is 17.0. The van der Waals surface area contributed by atoms with E-state index in [1.807, 2.05) is 12.1 Å². The van der Waals surface area contributed by atoms with Gasteiger partial charge >= 0.3 is 6.09 Å². The minimum atomic E-state index is -0.542. The molecule has 3 rings (SSSR count). The quantitative estimate of drug-likeness (QED) is 0.853. The molecule has 1 aliphatic carbocycles. The molecule has 23 heavy (non-hydrogen) atoms. The number of aliphatic imine (C=N–C) groups is 1. The van der Waals surface area contributed by atoms with Gasteiger partial charge in [-0.25, -0.2) is 15.1 Å². The number of carbonyl (C=O) groups is 1. The van der Waals surface area contributed by atoms with Gasteiger partial charge in [-0.3, -0.25) is 0 Å². The molecule has 0 aromatic heterocycles. The van der Waals surface area contributed by atoms with E-state index in [0.29, 0.717) is 13.2 Å². The van der Waals surface area contributed by atoms with Crippen LogP contribution in [-0.4, -0.2) is 38.0 Å². The van der Waals surface area contributed by atoms with Crippen LogP contribution in [0.25, 0.3) is 0 Å². The smallest absolute Gasteiger partial charge is 0.415 e. The summed E-state index contributed by atoms with van der Waals surface area (Å²) in [5, 5.41) is 2.54. The molecule has 1 atom stereocenters. The number of benzene rings is 1. The second kappa shape index (κ2) is 6.39. The zero-order valence-electron chi connectivity index (χ0n) is 13.1. The molecule has 0 unspecified atom stereocenters. The predicted octanol–water partition coefficient (Wildman–Crippen LogP) is 2.82. The molecule has 1 aromatic carbocycles. The van der Waals surface area contributed by atoms with E-state index in [9.17, 15) is 4.79 Å². The molecule has 0 saturated heterocycles. The second-order valence-corrected chi connectivity index (χ2v) is 6.51. The lowest BCUT2D eigenvalue weighted by atomic mass is 9.78. The van der Waals surface area contributed by atoms with Crippen molar-refractivity contribution in [1.82, 2.24) is 5.32 Å². The van der Waals surface area contributed by atoms with Crippen molar-refractivity contribution in [3.63, 3.8) is 0 Å². The van der Waals surface area contributed by atoms with E-state index in [1.165, 1.54) is 5.56 Å². The average molecular weight is 383 g/mol. The third-order valence-electron chi connectivity index (χ3n) is 4.20. The summed E-state index contributed by atoms with van der Waals surface area (Å²) in [4.78, 5) is 16.1. The fourth-order valence-corrected chi connectivity index (χ4v) is 3.66. The van der Waals surface area contributed by atoms with Gasteiger partial charge in [0.05, 0.1) is 13.7 Å². The number of amidine groups is 1. The van der Waals surface area contributed by atoms with Crippen molar-refractivity contribution in [3.8, 4) is 5.75 Å². The van der Waals surface area contributed by atoms with Crippen molar-refractivity contribution in [2.45, 2.75) is 31.7 Å². The van der Waals surface area contributed by atoms with Gasteiger partial charge in [-0.1, -0.05) is 15.9 Å². The van der Waals surface area contributed by atoms with Crippen LogP contribution in [0.1, 0.15) is 24.5 Å². The highest BCUT2D eigenvalue weighted by molar-refractivity contribution is 9.10. The van der Waals surface area contributed by atoms with E-state index in [-0.39, 0.29) is 11.6 Å². The van der Waals surface area contributed by atoms with Gasteiger partial charge in [-0.2, -0.15) is 0 Å². The summed E-state index contributed by atoms with van der Waals surface area (Å²) in [6.45, 7) is 2.51. The fourth-order valence-electron chi connectivity index (χ4n) is 3.09. The number of amides is 1. The van der Waals surface area contributed by atoms with E-state index < -0.39 is 6.09 Å². The van der Waals surface area contributed by atoms with Gasteiger partial charge in [0.25, 0.3) is 6.02 Å². The van der Waals surface area contributed by atoms with Crippen LogP contribution in [-0.2, 0) is 22.3 Å². The number of fused-ring (bicyclic) bond motifs is 1. The maximum Gasteiger partial charge on any atom is 0.415 e. The molecule has 1 spiro atoms. The Morgan fingerprint density at radius 2 is 2.30 bits per heavy atom. The first-order valence-corrected chi connectivity index (χ1v) is 8.37. The molecule has 1 amide bonds. The van der Waals surface area contributed by atoms with Crippen molar-refractivity contribution < 1.29 is 19.0 Å². The SMILES string of the molecule is CCOC(=O)NC1=N[C@]2(CCc3c(Br)ccc(OC)c3C2)CO1. The first-order valence-electron chi connectivity index (χ1n) is 7.57. The minimum absolute atomic E-state index is 0.237. The topological polar surface area (TPSA) is 69.2 Å². The van der Waals surface area contributed by atoms with Crippen molar-refractivity contribution in [2.24, 2.45) is 4.99 Å². The summed E-state index contributed by atoms with van der Waals surface area (Å²) in [7, 11) is 1.67. The summed E-state index contributed by atoms with van der Waals surface area (Å²) in [6, 6.07) is 4.21. The Morgan fingerprint density at radius 1 is 1.48 bits per heavy atom. The number of halogens is 1. The van der Waals surface area contributed by atoms with Gasteiger partial charge in [0.15, 0.2) is 0 Å². The number of ether oxygens (including phenoxy) is 3. The van der Waals surface area contributed by atoms with Gasteiger partial charge in [-0.15, -0.1) is 0 Å². The Kier molecular flexibility index (Phi) is 4.48. The molecular formula is C16H19BrN2O4. The van der Waals surface area contributed by atoms with E-state index in [2.05, 4.69) is 26.2 Å². The normalized spacial score (nSPS) is 22.1. The number of carbonyl (C=O) groups excluding carboxylic acids is 1. The molecule has 1 heterocycles. The molecule has 0 fully saturated rings. The highest BCUT2D eigenvalue weighted by atomic mass is 79.9. The number of methoxy groups -OCH3 is 1. The van der Waals surface area contributed by atoms with E-state index in [0.717, 1.165) is 35.0 Å². The van der Waals surface area contributed by atoms with Gasteiger partial charge in [0, 0.05) is 16.5 Å². The van der Waals surface area contributed by atoms with Crippen LogP contribution in [0.5, 0.6) is 5.75 Å². The van der Waals surface area contributed by atoms with Gasteiger partial charge in [0.2, 0.25) is 0 Å². The number of alkyl carbamates (subject to hydrolysis) is 1. The van der Waals surface area contributed by atoms with Crippen LogP contribution in [0, 0.1) is 0 Å². The summed E-state index contributed by atoms with van der Waals surface area (Å²) >= 11 is 3.61. The zero-order chi connectivity index (χ0) is 16.4. The largest absolute Gasteiger partial charge is 0.496 e. The molecule has 7 heteroatoms. The standard InChI is InChI=1S/C16H19BrN2O4/c1-3-22-15(20)18-14-19-16(9-23-14)7-6-10-11(8-16)13(21-2)5-4-12(10)17/h4-5H,3,6-9H2,1-2H3,(H,18,19,20)/t16-/m0/s1. The van der Waals surface area contributed by atoms with Crippen molar-refractivity contribution >= 4 is 28.0 Å². The van der Waals surface area contributed by atoms with Crippen LogP contribution in [0.2, 0.25) is 0 Å². The number of nitrogens with one attached hydrogen (secondary N) is 1. The Balaban J connectivity index is 1.83. The molecule has 1 aromatic rings. The monoisotopic (exact) mass is 382 g/mol. The molecule has 6 nitrogen and oxygen atoms in total. The predicted molar refractivity (Wildman–Crippen MR) is 89.0 cm³/mol. The second-order valence-electron chi connectivity index (χ2n) is 5.66. The van der Waals surface area contributed by atoms with Gasteiger partial charge < -0.3 is 14.2 Å². The van der Waals surface area contributed by atoms with Crippen molar-refractivity contribution in [3.05, 3.63) is 27.7 Å². The van der Waals surface area contributed by atoms with Gasteiger partial charge in [-0.05, 0) is 37.5 Å². The number of hydrogen-bond donors (Lipinski definition) is 1. The van der Waals surface area contributed by atoms with Crippen LogP contribution >= 0.6 is 15.9 Å². The molecular weight excluding hydrogens is 364 g/mol. The number of nitrogens with zero attached hydrogens (tertiary/aromatic N) is 1. The summed E-state index contributed by atoms with van der Waals surface area (Å²) in [5.74, 6) is 0.865. The van der Waals surface area contributed by atoms with Crippen molar-refractivity contribution in [2.75, 3.05) is 20.3 Å². The summed E-state index contributed by atoms with van der Waals surface area (Å²) in [5.41, 5.74) is 2.06. The minimum Gasteiger partial charge on any atom is -0.496 e. The Morgan fingerprint density at radius 3 is 3.04 bits per heavy atom. The molecule has 124 valence electrons. The third-order valence-corrected chi connectivity index (χ3v) is 4.94. The van der Waals surface area contributed by atoms with E-state index >= 15 is 0 Å². The van der Waals surface area contributed by atoms with Crippen LogP contribution in [0.4, 0.5) is 4.79 Å². The average Bonchev–Trinajstić information content (AvgIpc) is 2.90. The Hall–Kier alpha value is -1.76. The lowest BCUT2D eigenvalue weighted by molar-refractivity contribution is 0.154. The fraction of sp³-hybridized carbons (Fsp3) is 0.500. The molecule has 0 radical (unpaired) electrons. The lowest BCUT2D eigenvalue weighted by Crippen LogP contribution is -2.36. The molecule has 1 aliphatic heterocycles. The maximum absolute atomic E-state index is 11.5. The van der Waals surface area contributed by atoms with Crippen LogP contribution < -0.4 is 10.1 Å². The highest BCUT2D eigenvalue weighted by Crippen LogP contribution is 2.41. The number of hydrogen-bond acceptors (Lipinski definition) is 5.